The average Bonchev–Trinajstić information content (AvgIpc) is 2.65. The summed E-state index contributed by atoms with van der Waals surface area (Å²) in [6.07, 6.45) is 0.481. The minimum Gasteiger partial charge on any atom is -0.392 e. The predicted molar refractivity (Wildman–Crippen MR) is 70.0 cm³/mol. The molecule has 0 spiro atoms. The Morgan fingerprint density at radius 3 is 2.82 bits per heavy atom. The molecule has 0 aliphatic carbocycles. The Hall–Kier alpha value is -0.910. The van der Waals surface area contributed by atoms with Gasteiger partial charge >= 0.3 is 0 Å². The van der Waals surface area contributed by atoms with Crippen molar-refractivity contribution in [3.8, 4) is 0 Å². The van der Waals surface area contributed by atoms with Crippen LogP contribution in [0.3, 0.4) is 0 Å². The van der Waals surface area contributed by atoms with Crippen molar-refractivity contribution in [2.45, 2.75) is 32.9 Å². The number of rotatable bonds is 7. The fraction of sp³-hybridized carbons (Fsp3) is 0.583. The molecule has 0 saturated carbocycles. The number of carbonyl (C=O) groups is 1. The first kappa shape index (κ1) is 14.2. The summed E-state index contributed by atoms with van der Waals surface area (Å²) >= 11 is 1.50. The van der Waals surface area contributed by atoms with E-state index in [4.69, 9.17) is 5.73 Å². The summed E-state index contributed by atoms with van der Waals surface area (Å²) in [5.41, 5.74) is 5.72. The van der Waals surface area contributed by atoms with Gasteiger partial charge in [0.05, 0.1) is 11.7 Å². The normalized spacial score (nSPS) is 12.9. The summed E-state index contributed by atoms with van der Waals surface area (Å²) < 4.78 is 0. The maximum absolute atomic E-state index is 10.9. The van der Waals surface area contributed by atoms with E-state index >= 15 is 0 Å². The molecule has 0 aromatic carbocycles. The minimum absolute atomic E-state index is 0.314. The fourth-order valence-electron chi connectivity index (χ4n) is 1.59. The zero-order chi connectivity index (χ0) is 12.8. The molecule has 0 bridgehead atoms. The summed E-state index contributed by atoms with van der Waals surface area (Å²) in [6.45, 7) is 5.40. The second-order valence-corrected chi connectivity index (χ2v) is 5.58. The molecule has 17 heavy (non-hydrogen) atoms. The van der Waals surface area contributed by atoms with E-state index in [1.54, 1.807) is 11.4 Å². The standard InChI is InChI=1S/C12H20N2O2S/c1-8(2)3-10(15)5-14-6-11-4-9(7-17-11)12(13)16/h4,7-8,10,14-15H,3,5-6H2,1-2H3,(H2,13,16). The molecule has 0 aliphatic rings. The van der Waals surface area contributed by atoms with Crippen LogP contribution in [0.25, 0.3) is 0 Å². The van der Waals surface area contributed by atoms with Crippen LogP contribution in [0, 0.1) is 5.92 Å². The monoisotopic (exact) mass is 256 g/mol. The molecule has 1 aromatic rings. The third-order valence-corrected chi connectivity index (χ3v) is 3.30. The Kier molecular flexibility index (Phi) is 5.61. The number of hydrogen-bond donors (Lipinski definition) is 3. The number of carbonyl (C=O) groups excluding carboxylic acids is 1. The van der Waals surface area contributed by atoms with Crippen LogP contribution in [0.5, 0.6) is 0 Å². The van der Waals surface area contributed by atoms with E-state index in [0.717, 1.165) is 11.3 Å². The van der Waals surface area contributed by atoms with Crippen LogP contribution in [0.15, 0.2) is 11.4 Å². The van der Waals surface area contributed by atoms with Gasteiger partial charge < -0.3 is 16.2 Å². The smallest absolute Gasteiger partial charge is 0.249 e. The largest absolute Gasteiger partial charge is 0.392 e. The Bertz CT molecular complexity index is 363. The summed E-state index contributed by atoms with van der Waals surface area (Å²) in [4.78, 5) is 11.9. The summed E-state index contributed by atoms with van der Waals surface area (Å²) in [5, 5.41) is 14.6. The van der Waals surface area contributed by atoms with Gasteiger partial charge in [-0.25, -0.2) is 0 Å². The predicted octanol–water partition coefficient (Wildman–Crippen LogP) is 1.34. The molecule has 5 heteroatoms. The molecule has 0 fully saturated rings. The van der Waals surface area contributed by atoms with Gasteiger partial charge in [0, 0.05) is 23.3 Å². The summed E-state index contributed by atoms with van der Waals surface area (Å²) in [7, 11) is 0. The first-order valence-corrected chi connectivity index (χ1v) is 6.63. The number of hydrogen-bond acceptors (Lipinski definition) is 4. The van der Waals surface area contributed by atoms with Crippen LogP contribution in [-0.4, -0.2) is 23.7 Å². The van der Waals surface area contributed by atoms with Crippen molar-refractivity contribution in [1.29, 1.82) is 0 Å². The first-order valence-electron chi connectivity index (χ1n) is 5.75. The van der Waals surface area contributed by atoms with Crippen LogP contribution in [0.2, 0.25) is 0 Å². The maximum Gasteiger partial charge on any atom is 0.249 e. The molecule has 4 N–H and O–H groups in total. The summed E-state index contributed by atoms with van der Waals surface area (Å²) in [5.74, 6) is 0.0994. The zero-order valence-electron chi connectivity index (χ0n) is 10.3. The molecule has 0 radical (unpaired) electrons. The number of primary amides is 1. The van der Waals surface area contributed by atoms with Crippen LogP contribution in [0.1, 0.15) is 35.5 Å². The van der Waals surface area contributed by atoms with Crippen molar-refractivity contribution in [2.75, 3.05) is 6.54 Å². The molecule has 1 heterocycles. The van der Waals surface area contributed by atoms with Crippen LogP contribution in [0.4, 0.5) is 0 Å². The van der Waals surface area contributed by atoms with E-state index in [1.807, 2.05) is 0 Å². The van der Waals surface area contributed by atoms with E-state index in [2.05, 4.69) is 19.2 Å². The molecule has 0 saturated heterocycles. The van der Waals surface area contributed by atoms with Crippen molar-refractivity contribution in [2.24, 2.45) is 11.7 Å². The van der Waals surface area contributed by atoms with Crippen molar-refractivity contribution in [1.82, 2.24) is 5.32 Å². The highest BCUT2D eigenvalue weighted by atomic mass is 32.1. The van der Waals surface area contributed by atoms with Gasteiger partial charge in [0.1, 0.15) is 0 Å². The Labute approximate surface area is 106 Å². The molecular weight excluding hydrogens is 236 g/mol. The van der Waals surface area contributed by atoms with Gasteiger partial charge in [0.15, 0.2) is 0 Å². The average molecular weight is 256 g/mol. The Morgan fingerprint density at radius 2 is 2.29 bits per heavy atom. The van der Waals surface area contributed by atoms with E-state index in [9.17, 15) is 9.90 Å². The number of aliphatic hydroxyl groups excluding tert-OH is 1. The molecular formula is C12H20N2O2S. The first-order chi connectivity index (χ1) is 7.99. The molecule has 1 atom stereocenters. The lowest BCUT2D eigenvalue weighted by atomic mass is 10.1. The number of thiophene rings is 1. The highest BCUT2D eigenvalue weighted by molar-refractivity contribution is 7.10. The van der Waals surface area contributed by atoms with Gasteiger partial charge in [-0.05, 0) is 18.4 Å². The van der Waals surface area contributed by atoms with Crippen molar-refractivity contribution in [3.05, 3.63) is 21.9 Å². The summed E-state index contributed by atoms with van der Waals surface area (Å²) in [6, 6.07) is 1.79. The van der Waals surface area contributed by atoms with Gasteiger partial charge in [-0.15, -0.1) is 11.3 Å². The molecule has 1 aromatic heterocycles. The lowest BCUT2D eigenvalue weighted by Gasteiger charge is -2.13. The van der Waals surface area contributed by atoms with Gasteiger partial charge in [-0.1, -0.05) is 13.8 Å². The molecule has 0 aliphatic heterocycles. The Morgan fingerprint density at radius 1 is 1.59 bits per heavy atom. The number of aliphatic hydroxyl groups is 1. The van der Waals surface area contributed by atoms with Crippen LogP contribution < -0.4 is 11.1 Å². The van der Waals surface area contributed by atoms with Crippen molar-refractivity contribution in [3.63, 3.8) is 0 Å². The lowest BCUT2D eigenvalue weighted by Crippen LogP contribution is -2.27. The molecule has 1 rings (SSSR count). The fourth-order valence-corrected chi connectivity index (χ4v) is 2.43. The van der Waals surface area contributed by atoms with E-state index in [-0.39, 0.29) is 6.10 Å². The van der Waals surface area contributed by atoms with Gasteiger partial charge in [0.2, 0.25) is 5.91 Å². The third kappa shape index (κ3) is 5.30. The highest BCUT2D eigenvalue weighted by Crippen LogP contribution is 2.14. The topological polar surface area (TPSA) is 75.3 Å². The van der Waals surface area contributed by atoms with E-state index < -0.39 is 5.91 Å². The van der Waals surface area contributed by atoms with Crippen LogP contribution >= 0.6 is 11.3 Å². The van der Waals surface area contributed by atoms with Gasteiger partial charge in [0.25, 0.3) is 0 Å². The molecule has 96 valence electrons. The molecule has 4 nitrogen and oxygen atoms in total. The number of amides is 1. The second kappa shape index (κ2) is 6.74. The molecule has 1 amide bonds. The Balaban J connectivity index is 2.28. The minimum atomic E-state index is -0.396. The highest BCUT2D eigenvalue weighted by Gasteiger charge is 2.07. The van der Waals surface area contributed by atoms with E-state index in [1.165, 1.54) is 11.3 Å². The SMILES string of the molecule is CC(C)CC(O)CNCc1cc(C(N)=O)cs1. The van der Waals surface area contributed by atoms with Gasteiger partial charge in [-0.3, -0.25) is 4.79 Å². The third-order valence-electron chi connectivity index (χ3n) is 2.36. The van der Waals surface area contributed by atoms with Crippen molar-refractivity contribution < 1.29 is 9.90 Å². The second-order valence-electron chi connectivity index (χ2n) is 4.58. The number of nitrogens with one attached hydrogen (secondary N) is 1. The van der Waals surface area contributed by atoms with Crippen molar-refractivity contribution >= 4 is 17.2 Å². The lowest BCUT2D eigenvalue weighted by molar-refractivity contribution is 0.100. The maximum atomic E-state index is 10.9. The zero-order valence-corrected chi connectivity index (χ0v) is 11.1. The molecule has 1 unspecified atom stereocenters. The van der Waals surface area contributed by atoms with Gasteiger partial charge in [-0.2, -0.15) is 0 Å². The quantitative estimate of drug-likeness (QED) is 0.689. The number of nitrogens with two attached hydrogens (primary N) is 1. The van der Waals surface area contributed by atoms with E-state index in [0.29, 0.717) is 24.6 Å². The van der Waals surface area contributed by atoms with Crippen LogP contribution in [-0.2, 0) is 6.54 Å².